The summed E-state index contributed by atoms with van der Waals surface area (Å²) in [5.41, 5.74) is 1.15. The molecule has 1 aliphatic rings. The molecule has 1 aromatic carbocycles. The second kappa shape index (κ2) is 9.73. The van der Waals surface area contributed by atoms with Crippen LogP contribution < -0.4 is 0 Å². The van der Waals surface area contributed by atoms with Gasteiger partial charge in [-0.15, -0.1) is 23.1 Å². The number of ether oxygens (including phenoxy) is 3. The van der Waals surface area contributed by atoms with Crippen molar-refractivity contribution in [3.8, 4) is 10.4 Å². The smallest absolute Gasteiger partial charge is 0.303 e. The summed E-state index contributed by atoms with van der Waals surface area (Å²) in [6.07, 6.45) is -0.273. The van der Waals surface area contributed by atoms with Crippen LogP contribution in [0.15, 0.2) is 48.8 Å². The van der Waals surface area contributed by atoms with Crippen LogP contribution in [0, 0.1) is 0 Å². The van der Waals surface area contributed by atoms with Crippen molar-refractivity contribution >= 4 is 51.1 Å². The Bertz CT molecular complexity index is 1210. The third kappa shape index (κ3) is 4.94. The summed E-state index contributed by atoms with van der Waals surface area (Å²) in [5.74, 6) is -1.81. The molecule has 0 bridgehead atoms. The average molecular weight is 502 g/mol. The number of thioether (sulfide) groups is 1. The normalized spacial score (nSPS) is 24.4. The van der Waals surface area contributed by atoms with Crippen molar-refractivity contribution in [2.45, 2.75) is 44.0 Å². The predicted molar refractivity (Wildman–Crippen MR) is 128 cm³/mol. The van der Waals surface area contributed by atoms with Crippen molar-refractivity contribution in [3.63, 3.8) is 0 Å². The maximum absolute atomic E-state index is 12.0. The standard InChI is InChI=1S/C24H23NO7S2/c1-13(26)30-19-12-33-24(29,23(32-15(3)28)22(19)31-14(2)27)18-8-17(10-25-11-18)21-9-16-6-4-5-7-20(16)34-21/h4-11,19,22-23,29H,12H2,1-3H3/t19-,22+,23-,24-/m1/s1. The number of aromatic nitrogens is 1. The highest BCUT2D eigenvalue weighted by Gasteiger charge is 2.55. The minimum Gasteiger partial charge on any atom is -0.458 e. The molecule has 1 aliphatic heterocycles. The second-order valence-electron chi connectivity index (χ2n) is 7.87. The number of thiophene rings is 1. The predicted octanol–water partition coefficient (Wildman–Crippen LogP) is 3.65. The highest BCUT2D eigenvalue weighted by Crippen LogP contribution is 2.47. The van der Waals surface area contributed by atoms with Crippen molar-refractivity contribution in [2.24, 2.45) is 0 Å². The molecule has 3 heterocycles. The van der Waals surface area contributed by atoms with Crippen molar-refractivity contribution in [2.75, 3.05) is 5.75 Å². The number of hydrogen-bond acceptors (Lipinski definition) is 10. The van der Waals surface area contributed by atoms with Gasteiger partial charge in [0.1, 0.15) is 0 Å². The summed E-state index contributed by atoms with van der Waals surface area (Å²) >= 11 is 2.62. The summed E-state index contributed by atoms with van der Waals surface area (Å²) in [6, 6.07) is 11.8. The van der Waals surface area contributed by atoms with Crippen LogP contribution in [0.3, 0.4) is 0 Å². The lowest BCUT2D eigenvalue weighted by atomic mass is 9.95. The van der Waals surface area contributed by atoms with Crippen LogP contribution in [0.2, 0.25) is 0 Å². The molecule has 2 aromatic heterocycles. The van der Waals surface area contributed by atoms with Gasteiger partial charge in [0.2, 0.25) is 0 Å². The van der Waals surface area contributed by atoms with Crippen molar-refractivity contribution in [3.05, 3.63) is 54.4 Å². The lowest BCUT2D eigenvalue weighted by Gasteiger charge is -2.45. The average Bonchev–Trinajstić information content (AvgIpc) is 3.22. The molecule has 4 rings (SSSR count). The van der Waals surface area contributed by atoms with Crippen molar-refractivity contribution < 1.29 is 33.7 Å². The van der Waals surface area contributed by atoms with E-state index < -0.39 is 41.2 Å². The first-order chi connectivity index (χ1) is 16.2. The monoisotopic (exact) mass is 501 g/mol. The topological polar surface area (TPSA) is 112 Å². The molecule has 0 saturated carbocycles. The van der Waals surface area contributed by atoms with Gasteiger partial charge >= 0.3 is 17.9 Å². The zero-order valence-corrected chi connectivity index (χ0v) is 20.4. The Morgan fingerprint density at radius 2 is 1.71 bits per heavy atom. The molecule has 0 aliphatic carbocycles. The highest BCUT2D eigenvalue weighted by molar-refractivity contribution is 8.00. The molecule has 34 heavy (non-hydrogen) atoms. The van der Waals surface area contributed by atoms with Gasteiger partial charge in [-0.25, -0.2) is 0 Å². The molecule has 10 heteroatoms. The quantitative estimate of drug-likeness (QED) is 0.413. The van der Waals surface area contributed by atoms with Gasteiger partial charge in [-0.3, -0.25) is 19.4 Å². The number of carbonyl (C=O) groups is 3. The Balaban J connectivity index is 1.76. The lowest BCUT2D eigenvalue weighted by molar-refractivity contribution is -0.197. The minimum absolute atomic E-state index is 0.110. The van der Waals surface area contributed by atoms with Crippen molar-refractivity contribution in [1.82, 2.24) is 4.98 Å². The van der Waals surface area contributed by atoms with Gasteiger partial charge < -0.3 is 19.3 Å². The van der Waals surface area contributed by atoms with Gasteiger partial charge in [0.05, 0.1) is 0 Å². The summed E-state index contributed by atoms with van der Waals surface area (Å²) < 4.78 is 17.3. The number of fused-ring (bicyclic) bond motifs is 1. The number of hydrogen-bond donors (Lipinski definition) is 1. The Morgan fingerprint density at radius 1 is 1.00 bits per heavy atom. The fraction of sp³-hybridized carbons (Fsp3) is 0.333. The van der Waals surface area contributed by atoms with E-state index in [9.17, 15) is 19.5 Å². The Kier molecular flexibility index (Phi) is 6.92. The van der Waals surface area contributed by atoms with E-state index >= 15 is 0 Å². The van der Waals surface area contributed by atoms with E-state index in [1.54, 1.807) is 23.6 Å². The van der Waals surface area contributed by atoms with Crippen LogP contribution in [0.4, 0.5) is 0 Å². The Labute approximate surface area is 204 Å². The van der Waals surface area contributed by atoms with Crippen LogP contribution in [0.25, 0.3) is 20.5 Å². The van der Waals surface area contributed by atoms with E-state index in [0.29, 0.717) is 5.56 Å². The van der Waals surface area contributed by atoms with Crippen LogP contribution in [0.1, 0.15) is 26.3 Å². The van der Waals surface area contributed by atoms with Crippen LogP contribution in [-0.2, 0) is 33.5 Å². The maximum Gasteiger partial charge on any atom is 0.303 e. The SMILES string of the molecule is CC(=O)O[C@@H]1[C@@H](OC(C)=O)[C@@](O)(c2cncc(-c3cc4ccccc4s3)c2)SC[C@H]1OC(C)=O. The summed E-state index contributed by atoms with van der Waals surface area (Å²) in [5, 5.41) is 12.9. The number of rotatable bonds is 5. The zero-order valence-electron chi connectivity index (χ0n) is 18.7. The van der Waals surface area contributed by atoms with Crippen molar-refractivity contribution in [1.29, 1.82) is 0 Å². The number of carbonyl (C=O) groups excluding carboxylic acids is 3. The lowest BCUT2D eigenvalue weighted by Crippen LogP contribution is -2.58. The molecule has 8 nitrogen and oxygen atoms in total. The molecular weight excluding hydrogens is 478 g/mol. The van der Waals surface area contributed by atoms with Gasteiger partial charge in [0, 0.05) is 59.6 Å². The molecule has 0 radical (unpaired) electrons. The number of aliphatic hydroxyl groups is 1. The summed E-state index contributed by atoms with van der Waals surface area (Å²) in [7, 11) is 0. The fourth-order valence-electron chi connectivity index (χ4n) is 3.92. The first kappa shape index (κ1) is 24.2. The summed E-state index contributed by atoms with van der Waals surface area (Å²) in [6.45, 7) is 3.62. The molecule has 0 unspecified atom stereocenters. The maximum atomic E-state index is 12.0. The first-order valence-electron chi connectivity index (χ1n) is 10.5. The third-order valence-corrected chi connectivity index (χ3v) is 7.86. The van der Waals surface area contributed by atoms with Crippen LogP contribution >= 0.6 is 23.1 Å². The van der Waals surface area contributed by atoms with Gasteiger partial charge in [-0.1, -0.05) is 18.2 Å². The molecule has 1 saturated heterocycles. The van der Waals surface area contributed by atoms with E-state index in [-0.39, 0.29) is 5.75 Å². The largest absolute Gasteiger partial charge is 0.458 e. The van der Waals surface area contributed by atoms with E-state index in [1.807, 2.05) is 30.3 Å². The molecular formula is C24H23NO7S2. The van der Waals surface area contributed by atoms with E-state index in [4.69, 9.17) is 14.2 Å². The van der Waals surface area contributed by atoms with Gasteiger partial charge in [-0.05, 0) is 23.6 Å². The molecule has 1 fully saturated rings. The first-order valence-corrected chi connectivity index (χ1v) is 12.3. The summed E-state index contributed by atoms with van der Waals surface area (Å²) in [4.78, 5) is 38.9. The molecule has 0 spiro atoms. The van der Waals surface area contributed by atoms with Gasteiger partial charge in [0.25, 0.3) is 0 Å². The number of nitrogens with zero attached hydrogens (tertiary/aromatic N) is 1. The van der Waals surface area contributed by atoms with Gasteiger partial charge in [0.15, 0.2) is 23.2 Å². The number of esters is 3. The second-order valence-corrected chi connectivity index (χ2v) is 10.2. The third-order valence-electron chi connectivity index (χ3n) is 5.29. The Morgan fingerprint density at radius 3 is 2.38 bits per heavy atom. The fourth-order valence-corrected chi connectivity index (χ4v) is 6.26. The number of benzene rings is 1. The van der Waals surface area contributed by atoms with E-state index in [2.05, 4.69) is 4.98 Å². The molecule has 3 aromatic rings. The van der Waals surface area contributed by atoms with Gasteiger partial charge in [-0.2, -0.15) is 0 Å². The molecule has 1 N–H and O–H groups in total. The van der Waals surface area contributed by atoms with E-state index in [0.717, 1.165) is 32.3 Å². The molecule has 0 amide bonds. The zero-order chi connectivity index (χ0) is 24.5. The number of pyridine rings is 1. The van der Waals surface area contributed by atoms with Crippen LogP contribution in [-0.4, -0.2) is 52.1 Å². The molecule has 4 atom stereocenters. The minimum atomic E-state index is -1.80. The molecule has 178 valence electrons. The van der Waals surface area contributed by atoms with Crippen LogP contribution in [0.5, 0.6) is 0 Å². The highest BCUT2D eigenvalue weighted by atomic mass is 32.2. The van der Waals surface area contributed by atoms with E-state index in [1.165, 1.54) is 27.0 Å². The Hall–Kier alpha value is -2.95.